The molecule has 9 heteroatoms. The van der Waals surface area contributed by atoms with Crippen molar-refractivity contribution in [3.05, 3.63) is 71.2 Å². The predicted molar refractivity (Wildman–Crippen MR) is 127 cm³/mol. The quantitative estimate of drug-likeness (QED) is 0.602. The molecule has 1 atom stereocenters. The zero-order chi connectivity index (χ0) is 25.2. The van der Waals surface area contributed by atoms with Crippen LogP contribution >= 0.6 is 0 Å². The molecule has 1 aromatic carbocycles. The number of rotatable bonds is 5. The highest BCUT2D eigenvalue weighted by Crippen LogP contribution is 2.31. The van der Waals surface area contributed by atoms with Crippen molar-refractivity contribution < 1.29 is 18.4 Å². The Morgan fingerprint density at radius 3 is 2.77 bits per heavy atom. The van der Waals surface area contributed by atoms with Crippen LogP contribution in [0.2, 0.25) is 0 Å². The number of nitrogens with zero attached hydrogens (tertiary/aromatic N) is 4. The van der Waals surface area contributed by atoms with E-state index in [9.17, 15) is 18.4 Å². The van der Waals surface area contributed by atoms with Crippen LogP contribution in [0.15, 0.2) is 48.8 Å². The smallest absolute Gasteiger partial charge is 0.268 e. The van der Waals surface area contributed by atoms with E-state index in [-0.39, 0.29) is 0 Å². The maximum atomic E-state index is 13.6. The number of hydrogen-bond donors (Lipinski definition) is 1. The first-order valence-corrected chi connectivity index (χ1v) is 11.0. The number of benzene rings is 1. The number of aromatic nitrogens is 2. The summed E-state index contributed by atoms with van der Waals surface area (Å²) in [6.45, 7) is 2.55. The van der Waals surface area contributed by atoms with Crippen LogP contribution in [0, 0.1) is 18.3 Å². The van der Waals surface area contributed by atoms with E-state index >= 15 is 0 Å². The second kappa shape index (κ2) is 9.58. The van der Waals surface area contributed by atoms with Gasteiger partial charge in [0.1, 0.15) is 6.04 Å². The summed E-state index contributed by atoms with van der Waals surface area (Å²) < 4.78 is 27.3. The summed E-state index contributed by atoms with van der Waals surface area (Å²) in [7, 11) is 0. The minimum absolute atomic E-state index is 0.304. The molecule has 0 spiro atoms. The number of fused-ring (bicyclic) bond motifs is 1. The summed E-state index contributed by atoms with van der Waals surface area (Å²) in [6, 6.07) is 11.5. The van der Waals surface area contributed by atoms with Crippen LogP contribution < -0.4 is 5.32 Å². The van der Waals surface area contributed by atoms with Gasteiger partial charge in [0.05, 0.1) is 30.2 Å². The van der Waals surface area contributed by atoms with Crippen LogP contribution in [0.3, 0.4) is 0 Å². The number of nitrogens with one attached hydrogen (secondary N) is 1. The average Bonchev–Trinajstić information content (AvgIpc) is 3.17. The van der Waals surface area contributed by atoms with Gasteiger partial charge in [-0.25, -0.2) is 8.78 Å². The van der Waals surface area contributed by atoms with Crippen LogP contribution in [0.25, 0.3) is 22.6 Å². The first kappa shape index (κ1) is 24.0. The zero-order valence-corrected chi connectivity index (χ0v) is 19.3. The highest BCUT2D eigenvalue weighted by Gasteiger charge is 2.47. The van der Waals surface area contributed by atoms with Gasteiger partial charge >= 0.3 is 0 Å². The summed E-state index contributed by atoms with van der Waals surface area (Å²) in [6.07, 6.45) is 4.56. The topological polar surface area (TPSA) is 99.0 Å². The van der Waals surface area contributed by atoms with Crippen LogP contribution in [0.4, 0.5) is 8.78 Å². The van der Waals surface area contributed by atoms with Crippen molar-refractivity contribution in [1.82, 2.24) is 20.2 Å². The lowest BCUT2D eigenvalue weighted by Gasteiger charge is -2.19. The van der Waals surface area contributed by atoms with Crippen LogP contribution in [-0.4, -0.2) is 51.7 Å². The maximum absolute atomic E-state index is 13.6. The number of likely N-dealkylation sites (tertiary alicyclic amines) is 1. The number of alkyl halides is 2. The summed E-state index contributed by atoms with van der Waals surface area (Å²) in [5, 5.41) is 12.2. The van der Waals surface area contributed by atoms with E-state index in [1.54, 1.807) is 18.3 Å². The van der Waals surface area contributed by atoms with Gasteiger partial charge in [-0.3, -0.25) is 19.6 Å². The summed E-state index contributed by atoms with van der Waals surface area (Å²) >= 11 is 0. The third kappa shape index (κ3) is 5.32. The molecule has 7 nitrogen and oxygen atoms in total. The molecule has 1 aliphatic rings. The monoisotopic (exact) mass is 475 g/mol. The van der Waals surface area contributed by atoms with Gasteiger partial charge in [0.2, 0.25) is 5.91 Å². The molecular formula is C26H23F2N5O2. The van der Waals surface area contributed by atoms with Crippen molar-refractivity contribution in [2.45, 2.75) is 32.2 Å². The average molecular weight is 475 g/mol. The number of aryl methyl sites for hydroxylation is 1. The Morgan fingerprint density at radius 1 is 1.26 bits per heavy atom. The maximum Gasteiger partial charge on any atom is 0.268 e. The first-order chi connectivity index (χ1) is 16.7. The van der Waals surface area contributed by atoms with E-state index in [1.807, 2.05) is 44.2 Å². The van der Waals surface area contributed by atoms with E-state index in [0.717, 1.165) is 27.3 Å². The van der Waals surface area contributed by atoms with Crippen molar-refractivity contribution in [3.63, 3.8) is 0 Å². The molecule has 1 N–H and O–H groups in total. The number of pyridine rings is 2. The van der Waals surface area contributed by atoms with Crippen LogP contribution in [-0.2, 0) is 4.79 Å². The normalized spacial score (nSPS) is 17.3. The van der Waals surface area contributed by atoms with Crippen molar-refractivity contribution >= 4 is 34.4 Å². The molecule has 1 unspecified atom stereocenters. The predicted octanol–water partition coefficient (Wildman–Crippen LogP) is 3.99. The first-order valence-electron chi connectivity index (χ1n) is 11.0. The SMILES string of the molecule is CC(=Cc1ccc(C)nc1)c1ccc2nccc(C(=O)NCC(=O)N3CC(F)(F)CC3C#N)c2c1. The Kier molecular flexibility index (Phi) is 6.56. The van der Waals surface area contributed by atoms with Crippen LogP contribution in [0.1, 0.15) is 40.5 Å². The van der Waals surface area contributed by atoms with Gasteiger partial charge in [0.25, 0.3) is 11.8 Å². The fourth-order valence-corrected chi connectivity index (χ4v) is 4.03. The third-order valence-electron chi connectivity index (χ3n) is 5.90. The Bertz CT molecular complexity index is 1360. The van der Waals surface area contributed by atoms with E-state index in [0.29, 0.717) is 16.5 Å². The Balaban J connectivity index is 1.54. The standard InChI is InChI=1S/C26H23F2N5O2/c1-16(9-18-4-3-17(2)31-13-18)19-5-6-23-22(10-19)21(7-8-30-23)25(35)32-14-24(34)33-15-26(27,28)11-20(33)12-29/h3-10,13,20H,11,14-15H2,1-2H3,(H,32,35). The van der Waals surface area contributed by atoms with E-state index in [1.165, 1.54) is 12.3 Å². The Labute approximate surface area is 201 Å². The highest BCUT2D eigenvalue weighted by molar-refractivity contribution is 6.07. The molecule has 178 valence electrons. The van der Waals surface area contributed by atoms with Crippen molar-refractivity contribution in [3.8, 4) is 6.07 Å². The van der Waals surface area contributed by atoms with Crippen molar-refractivity contribution in [2.75, 3.05) is 13.1 Å². The lowest BCUT2D eigenvalue weighted by atomic mass is 10.00. The van der Waals surface area contributed by atoms with Gasteiger partial charge in [0.15, 0.2) is 0 Å². The van der Waals surface area contributed by atoms with E-state index in [4.69, 9.17) is 5.26 Å². The number of hydrogen-bond acceptors (Lipinski definition) is 5. The number of halogens is 2. The molecule has 3 heterocycles. The Morgan fingerprint density at radius 2 is 2.06 bits per heavy atom. The Hall–Kier alpha value is -4.19. The lowest BCUT2D eigenvalue weighted by molar-refractivity contribution is -0.131. The molecule has 1 aliphatic heterocycles. The molecule has 35 heavy (non-hydrogen) atoms. The highest BCUT2D eigenvalue weighted by atomic mass is 19.3. The fourth-order valence-electron chi connectivity index (χ4n) is 4.03. The number of nitriles is 1. The van der Waals surface area contributed by atoms with Gasteiger partial charge in [-0.2, -0.15) is 5.26 Å². The number of carbonyl (C=O) groups is 2. The van der Waals surface area contributed by atoms with E-state index in [2.05, 4.69) is 15.3 Å². The van der Waals surface area contributed by atoms with Gasteiger partial charge in [0, 0.05) is 29.9 Å². The van der Waals surface area contributed by atoms with Gasteiger partial charge in [-0.1, -0.05) is 12.1 Å². The van der Waals surface area contributed by atoms with Crippen LogP contribution in [0.5, 0.6) is 0 Å². The van der Waals surface area contributed by atoms with Gasteiger partial charge in [-0.05, 0) is 60.9 Å². The fraction of sp³-hybridized carbons (Fsp3) is 0.269. The molecule has 0 radical (unpaired) electrons. The van der Waals surface area contributed by atoms with Gasteiger partial charge in [-0.15, -0.1) is 0 Å². The molecule has 3 aromatic rings. The van der Waals surface area contributed by atoms with E-state index < -0.39 is 43.3 Å². The molecule has 1 fully saturated rings. The number of carbonyl (C=O) groups excluding carboxylic acids is 2. The third-order valence-corrected chi connectivity index (χ3v) is 5.90. The molecule has 0 aliphatic carbocycles. The number of amides is 2. The summed E-state index contributed by atoms with van der Waals surface area (Å²) in [5.41, 5.74) is 4.61. The molecular weight excluding hydrogens is 452 g/mol. The minimum atomic E-state index is -3.11. The number of allylic oxidation sites excluding steroid dienone is 1. The van der Waals surface area contributed by atoms with Crippen molar-refractivity contribution in [2.24, 2.45) is 0 Å². The summed E-state index contributed by atoms with van der Waals surface area (Å²) in [5.74, 6) is -4.38. The molecule has 0 saturated carbocycles. The molecule has 2 amide bonds. The van der Waals surface area contributed by atoms with Crippen molar-refractivity contribution in [1.29, 1.82) is 5.26 Å². The molecule has 1 saturated heterocycles. The lowest BCUT2D eigenvalue weighted by Crippen LogP contribution is -2.43. The molecule has 0 bridgehead atoms. The molecule has 2 aromatic heterocycles. The summed E-state index contributed by atoms with van der Waals surface area (Å²) in [4.78, 5) is 34.8. The van der Waals surface area contributed by atoms with Gasteiger partial charge < -0.3 is 10.2 Å². The molecule has 4 rings (SSSR count). The second-order valence-corrected chi connectivity index (χ2v) is 8.56. The largest absolute Gasteiger partial charge is 0.343 e. The second-order valence-electron chi connectivity index (χ2n) is 8.56. The zero-order valence-electron chi connectivity index (χ0n) is 19.3. The minimum Gasteiger partial charge on any atom is -0.343 e.